The van der Waals surface area contributed by atoms with Gasteiger partial charge in [0.15, 0.2) is 0 Å². The lowest BCUT2D eigenvalue weighted by molar-refractivity contribution is 0.0398. The molecule has 0 amide bonds. The minimum absolute atomic E-state index is 0.544. The van der Waals surface area contributed by atoms with Gasteiger partial charge in [0.25, 0.3) is 0 Å². The van der Waals surface area contributed by atoms with Crippen LogP contribution >= 0.6 is 11.3 Å². The maximum atomic E-state index is 5.39. The molecule has 4 heterocycles. The highest BCUT2D eigenvalue weighted by molar-refractivity contribution is 7.20. The van der Waals surface area contributed by atoms with Gasteiger partial charge < -0.3 is 15.4 Å². The van der Waals surface area contributed by atoms with Crippen molar-refractivity contribution in [1.82, 2.24) is 24.5 Å². The highest BCUT2D eigenvalue weighted by Crippen LogP contribution is 2.28. The molecule has 2 fully saturated rings. The number of morpholine rings is 1. The molecule has 30 heavy (non-hydrogen) atoms. The fourth-order valence-corrected chi connectivity index (χ4v) is 5.04. The summed E-state index contributed by atoms with van der Waals surface area (Å²) in [4.78, 5) is 12.5. The summed E-state index contributed by atoms with van der Waals surface area (Å²) in [6.07, 6.45) is 10.2. The first-order chi connectivity index (χ1) is 14.8. The Labute approximate surface area is 180 Å². The second-order valence-electron chi connectivity index (χ2n) is 8.04. The number of nitrogens with one attached hydrogen (secondary N) is 2. The van der Waals surface area contributed by atoms with Crippen LogP contribution in [0, 0.1) is 0 Å². The summed E-state index contributed by atoms with van der Waals surface area (Å²) >= 11 is 1.62. The summed E-state index contributed by atoms with van der Waals surface area (Å²) in [5.74, 6) is 0.894. The third-order valence-electron chi connectivity index (χ3n) is 5.92. The Kier molecular flexibility index (Phi) is 6.10. The van der Waals surface area contributed by atoms with Crippen LogP contribution in [0.2, 0.25) is 0 Å². The number of hydrogen-bond acceptors (Lipinski definition) is 8. The number of rotatable bonds is 7. The molecule has 3 aromatic rings. The van der Waals surface area contributed by atoms with Gasteiger partial charge >= 0.3 is 0 Å². The van der Waals surface area contributed by atoms with Crippen LogP contribution in [0.3, 0.4) is 0 Å². The fraction of sp³-hybridized carbons (Fsp3) is 0.571. The fourth-order valence-electron chi connectivity index (χ4n) is 4.19. The Hall–Kier alpha value is -2.23. The van der Waals surface area contributed by atoms with Crippen LogP contribution in [0.4, 0.5) is 10.9 Å². The van der Waals surface area contributed by atoms with Crippen molar-refractivity contribution in [3.05, 3.63) is 24.5 Å². The molecule has 8 nitrogen and oxygen atoms in total. The molecule has 1 saturated heterocycles. The molecule has 0 unspecified atom stereocenters. The molecule has 1 aliphatic heterocycles. The maximum Gasteiger partial charge on any atom is 0.214 e. The van der Waals surface area contributed by atoms with Crippen molar-refractivity contribution in [3.63, 3.8) is 0 Å². The van der Waals surface area contributed by atoms with Gasteiger partial charge in [0.2, 0.25) is 10.1 Å². The van der Waals surface area contributed by atoms with E-state index in [4.69, 9.17) is 9.84 Å². The van der Waals surface area contributed by atoms with E-state index in [9.17, 15) is 0 Å². The third kappa shape index (κ3) is 4.58. The van der Waals surface area contributed by atoms with Gasteiger partial charge in [-0.05, 0) is 25.0 Å². The molecule has 0 aromatic carbocycles. The molecule has 0 spiro atoms. The molecule has 1 aliphatic carbocycles. The molecule has 3 aromatic heterocycles. The Balaban J connectivity index is 1.21. The zero-order chi connectivity index (χ0) is 20.2. The van der Waals surface area contributed by atoms with Gasteiger partial charge in [-0.15, -0.1) is 5.10 Å². The lowest BCUT2D eigenvalue weighted by Gasteiger charge is -2.26. The summed E-state index contributed by atoms with van der Waals surface area (Å²) in [6.45, 7) is 5.58. The van der Waals surface area contributed by atoms with E-state index in [1.807, 2.05) is 23.0 Å². The van der Waals surface area contributed by atoms with E-state index in [-0.39, 0.29) is 0 Å². The van der Waals surface area contributed by atoms with Crippen molar-refractivity contribution < 1.29 is 4.74 Å². The number of fused-ring (bicyclic) bond motifs is 1. The predicted octanol–water partition coefficient (Wildman–Crippen LogP) is 3.34. The molecule has 0 atom stereocenters. The van der Waals surface area contributed by atoms with Crippen LogP contribution in [-0.2, 0) is 4.74 Å². The Bertz CT molecular complexity index is 942. The van der Waals surface area contributed by atoms with Crippen LogP contribution in [0.15, 0.2) is 24.5 Å². The van der Waals surface area contributed by atoms with Crippen molar-refractivity contribution >= 4 is 27.2 Å². The SMILES string of the molecule is c1cc(NCCN2CCOCC2)ncc1-c1cnc2sc(NC3CCCCC3)nn12. The van der Waals surface area contributed by atoms with Crippen molar-refractivity contribution in [2.45, 2.75) is 38.1 Å². The molecule has 0 radical (unpaired) electrons. The maximum absolute atomic E-state index is 5.39. The minimum Gasteiger partial charge on any atom is -0.379 e. The van der Waals surface area contributed by atoms with Gasteiger partial charge in [-0.3, -0.25) is 4.90 Å². The zero-order valence-electron chi connectivity index (χ0n) is 17.2. The Morgan fingerprint density at radius 3 is 2.73 bits per heavy atom. The van der Waals surface area contributed by atoms with Crippen LogP contribution in [0.25, 0.3) is 16.2 Å². The smallest absolute Gasteiger partial charge is 0.214 e. The van der Waals surface area contributed by atoms with E-state index in [2.05, 4.69) is 31.6 Å². The van der Waals surface area contributed by atoms with Crippen molar-refractivity contribution in [2.24, 2.45) is 0 Å². The van der Waals surface area contributed by atoms with Gasteiger partial charge in [-0.2, -0.15) is 0 Å². The lowest BCUT2D eigenvalue weighted by Crippen LogP contribution is -2.39. The molecule has 2 N–H and O–H groups in total. The molecule has 160 valence electrons. The van der Waals surface area contributed by atoms with Crippen LogP contribution < -0.4 is 10.6 Å². The summed E-state index contributed by atoms with van der Waals surface area (Å²) in [6, 6.07) is 4.66. The quantitative estimate of drug-likeness (QED) is 0.599. The van der Waals surface area contributed by atoms with E-state index in [1.54, 1.807) is 11.3 Å². The van der Waals surface area contributed by atoms with Crippen molar-refractivity contribution in [2.75, 3.05) is 50.0 Å². The Morgan fingerprint density at radius 1 is 1.07 bits per heavy atom. The molecule has 1 saturated carbocycles. The van der Waals surface area contributed by atoms with Crippen molar-refractivity contribution in [3.8, 4) is 11.3 Å². The third-order valence-corrected chi connectivity index (χ3v) is 6.77. The van der Waals surface area contributed by atoms with Gasteiger partial charge in [0.05, 0.1) is 25.1 Å². The highest BCUT2D eigenvalue weighted by Gasteiger charge is 2.17. The number of nitrogens with zero attached hydrogens (tertiary/aromatic N) is 5. The average Bonchev–Trinajstić information content (AvgIpc) is 3.36. The van der Waals surface area contributed by atoms with Crippen LogP contribution in [0.1, 0.15) is 32.1 Å². The van der Waals surface area contributed by atoms with Crippen LogP contribution in [0.5, 0.6) is 0 Å². The first-order valence-electron chi connectivity index (χ1n) is 11.0. The zero-order valence-corrected chi connectivity index (χ0v) is 18.0. The standard InChI is InChI=1S/C21H29N7OS/c1-2-4-17(5-3-1)25-20-26-28-18(15-24-21(28)30-20)16-6-7-19(23-14-16)22-8-9-27-10-12-29-13-11-27/h6-7,14-15,17H,1-5,8-13H2,(H,22,23)(H,25,26). The Morgan fingerprint density at radius 2 is 1.93 bits per heavy atom. The predicted molar refractivity (Wildman–Crippen MR) is 120 cm³/mol. The molecule has 2 aliphatic rings. The van der Waals surface area contributed by atoms with E-state index < -0.39 is 0 Å². The number of pyridine rings is 1. The average molecular weight is 428 g/mol. The summed E-state index contributed by atoms with van der Waals surface area (Å²) in [7, 11) is 0. The van der Waals surface area contributed by atoms with Crippen LogP contribution in [-0.4, -0.2) is 69.9 Å². The summed E-state index contributed by atoms with van der Waals surface area (Å²) in [5, 5.41) is 12.7. The first-order valence-corrected chi connectivity index (χ1v) is 11.8. The normalized spacial score (nSPS) is 18.7. The first kappa shape index (κ1) is 19.7. The molecular formula is C21H29N7OS. The van der Waals surface area contributed by atoms with Gasteiger partial charge in [-0.25, -0.2) is 14.5 Å². The number of aromatic nitrogens is 4. The van der Waals surface area contributed by atoms with E-state index >= 15 is 0 Å². The summed E-state index contributed by atoms with van der Waals surface area (Å²) in [5.41, 5.74) is 2.00. The van der Waals surface area contributed by atoms with Gasteiger partial charge in [0.1, 0.15) is 5.82 Å². The molecular weight excluding hydrogens is 398 g/mol. The number of anilines is 2. The summed E-state index contributed by atoms with van der Waals surface area (Å²) < 4.78 is 7.32. The second kappa shape index (κ2) is 9.28. The highest BCUT2D eigenvalue weighted by atomic mass is 32.1. The van der Waals surface area contributed by atoms with E-state index in [0.29, 0.717) is 6.04 Å². The van der Waals surface area contributed by atoms with Crippen molar-refractivity contribution in [1.29, 1.82) is 0 Å². The molecule has 5 rings (SSSR count). The largest absolute Gasteiger partial charge is 0.379 e. The lowest BCUT2D eigenvalue weighted by atomic mass is 9.96. The van der Waals surface area contributed by atoms with Gasteiger partial charge in [0, 0.05) is 44.0 Å². The number of ether oxygens (including phenoxy) is 1. The minimum atomic E-state index is 0.544. The number of imidazole rings is 1. The second-order valence-corrected chi connectivity index (χ2v) is 8.99. The molecule has 0 bridgehead atoms. The topological polar surface area (TPSA) is 79.6 Å². The number of hydrogen-bond donors (Lipinski definition) is 2. The molecule has 9 heteroatoms. The van der Waals surface area contributed by atoms with Gasteiger partial charge in [-0.1, -0.05) is 30.6 Å². The van der Waals surface area contributed by atoms with E-state index in [1.165, 1.54) is 32.1 Å². The van der Waals surface area contributed by atoms with E-state index in [0.717, 1.165) is 66.6 Å². The monoisotopic (exact) mass is 427 g/mol.